The standard InChI is InChI=1S/C21H43N5O3.HI/c1-16(2)18(26-9-11-28-12-10-26)14-24-19(22-7)23-13-17(3)15-25(8)20(27)29-21(4,5)6;/h16-18H,9-15H2,1-8H3,(H2,22,23,24);1H. The van der Waals surface area contributed by atoms with Crippen molar-refractivity contribution in [2.75, 3.05) is 60.0 Å². The summed E-state index contributed by atoms with van der Waals surface area (Å²) in [5, 5.41) is 6.84. The van der Waals surface area contributed by atoms with Gasteiger partial charge in [0.2, 0.25) is 0 Å². The molecule has 0 bridgehead atoms. The molecule has 30 heavy (non-hydrogen) atoms. The van der Waals surface area contributed by atoms with Crippen LogP contribution in [0.1, 0.15) is 41.5 Å². The Morgan fingerprint density at radius 2 is 1.73 bits per heavy atom. The van der Waals surface area contributed by atoms with Gasteiger partial charge in [0.1, 0.15) is 5.60 Å². The minimum absolute atomic E-state index is 0. The molecule has 0 aliphatic carbocycles. The largest absolute Gasteiger partial charge is 0.444 e. The molecule has 1 aliphatic heterocycles. The normalized spacial score (nSPS) is 17.7. The quantitative estimate of drug-likeness (QED) is 0.280. The second-order valence-corrected chi connectivity index (χ2v) is 9.26. The number of guanidine groups is 1. The first-order valence-corrected chi connectivity index (χ1v) is 10.7. The maximum atomic E-state index is 12.1. The zero-order valence-corrected chi connectivity index (χ0v) is 22.5. The smallest absolute Gasteiger partial charge is 0.410 e. The first-order valence-electron chi connectivity index (χ1n) is 10.7. The van der Waals surface area contributed by atoms with Crippen LogP contribution in [0.4, 0.5) is 4.79 Å². The Bertz CT molecular complexity index is 519. The van der Waals surface area contributed by atoms with Crippen LogP contribution in [0.5, 0.6) is 0 Å². The Labute approximate surface area is 200 Å². The molecule has 2 unspecified atom stereocenters. The van der Waals surface area contributed by atoms with E-state index in [1.165, 1.54) is 0 Å². The number of morpholine rings is 1. The van der Waals surface area contributed by atoms with Crippen molar-refractivity contribution in [1.29, 1.82) is 0 Å². The van der Waals surface area contributed by atoms with Gasteiger partial charge in [-0.05, 0) is 32.6 Å². The molecule has 0 aromatic carbocycles. The molecule has 1 heterocycles. The minimum atomic E-state index is -0.480. The van der Waals surface area contributed by atoms with Crippen molar-refractivity contribution in [2.24, 2.45) is 16.8 Å². The summed E-state index contributed by atoms with van der Waals surface area (Å²) in [7, 11) is 3.55. The molecule has 2 N–H and O–H groups in total. The third-order valence-corrected chi connectivity index (χ3v) is 4.90. The summed E-state index contributed by atoms with van der Waals surface area (Å²) in [5.74, 6) is 1.59. The predicted molar refractivity (Wildman–Crippen MR) is 134 cm³/mol. The summed E-state index contributed by atoms with van der Waals surface area (Å²) in [4.78, 5) is 20.6. The second-order valence-electron chi connectivity index (χ2n) is 9.26. The molecule has 1 saturated heterocycles. The van der Waals surface area contributed by atoms with Crippen LogP contribution in [0.25, 0.3) is 0 Å². The Balaban J connectivity index is 0.00000841. The average molecular weight is 542 g/mol. The van der Waals surface area contributed by atoms with Gasteiger partial charge in [-0.15, -0.1) is 24.0 Å². The van der Waals surface area contributed by atoms with Crippen molar-refractivity contribution in [3.05, 3.63) is 0 Å². The molecule has 0 radical (unpaired) electrons. The number of aliphatic imine (C=N–C) groups is 1. The lowest BCUT2D eigenvalue weighted by atomic mass is 10.0. The highest BCUT2D eigenvalue weighted by Crippen LogP contribution is 2.12. The maximum Gasteiger partial charge on any atom is 0.410 e. The third kappa shape index (κ3) is 11.5. The fourth-order valence-corrected chi connectivity index (χ4v) is 3.33. The van der Waals surface area contributed by atoms with E-state index in [0.717, 1.165) is 45.4 Å². The molecule has 1 rings (SSSR count). The predicted octanol–water partition coefficient (Wildman–Crippen LogP) is 2.63. The van der Waals surface area contributed by atoms with Gasteiger partial charge in [0, 0.05) is 52.9 Å². The Morgan fingerprint density at radius 3 is 2.23 bits per heavy atom. The van der Waals surface area contributed by atoms with Gasteiger partial charge in [-0.2, -0.15) is 0 Å². The van der Waals surface area contributed by atoms with Gasteiger partial charge in [0.05, 0.1) is 13.2 Å². The van der Waals surface area contributed by atoms with E-state index >= 15 is 0 Å². The third-order valence-electron chi connectivity index (χ3n) is 4.90. The van der Waals surface area contributed by atoms with Gasteiger partial charge in [0.15, 0.2) is 5.96 Å². The number of nitrogens with zero attached hydrogens (tertiary/aromatic N) is 3. The molecule has 9 heteroatoms. The Kier molecular flexibility index (Phi) is 13.9. The van der Waals surface area contributed by atoms with Gasteiger partial charge >= 0.3 is 6.09 Å². The van der Waals surface area contributed by atoms with E-state index in [9.17, 15) is 4.79 Å². The molecule has 178 valence electrons. The van der Waals surface area contributed by atoms with Crippen molar-refractivity contribution in [1.82, 2.24) is 20.4 Å². The second kappa shape index (κ2) is 14.3. The lowest BCUT2D eigenvalue weighted by Crippen LogP contribution is -2.53. The number of rotatable bonds is 8. The maximum absolute atomic E-state index is 12.1. The molecule has 0 aromatic heterocycles. The van der Waals surface area contributed by atoms with Crippen molar-refractivity contribution >= 4 is 36.0 Å². The Hall–Kier alpha value is -0.810. The summed E-state index contributed by atoms with van der Waals surface area (Å²) < 4.78 is 10.9. The molecule has 0 saturated carbocycles. The number of hydrogen-bond donors (Lipinski definition) is 2. The van der Waals surface area contributed by atoms with Crippen LogP contribution in [-0.2, 0) is 9.47 Å². The molecule has 1 fully saturated rings. The molecule has 1 amide bonds. The number of carbonyl (C=O) groups excluding carboxylic acids is 1. The van der Waals surface area contributed by atoms with Gasteiger partial charge in [-0.25, -0.2) is 4.79 Å². The topological polar surface area (TPSA) is 78.4 Å². The van der Waals surface area contributed by atoms with E-state index in [-0.39, 0.29) is 36.0 Å². The monoisotopic (exact) mass is 541 g/mol. The van der Waals surface area contributed by atoms with Gasteiger partial charge in [0.25, 0.3) is 0 Å². The zero-order chi connectivity index (χ0) is 22.0. The fraction of sp³-hybridized carbons (Fsp3) is 0.905. The van der Waals surface area contributed by atoms with E-state index in [1.807, 2.05) is 20.8 Å². The van der Waals surface area contributed by atoms with Crippen LogP contribution in [0.3, 0.4) is 0 Å². The molecule has 2 atom stereocenters. The lowest BCUT2D eigenvalue weighted by Gasteiger charge is -2.37. The van der Waals surface area contributed by atoms with Gasteiger partial charge in [-0.3, -0.25) is 9.89 Å². The van der Waals surface area contributed by atoms with Crippen LogP contribution in [0, 0.1) is 11.8 Å². The lowest BCUT2D eigenvalue weighted by molar-refractivity contribution is 0.00752. The number of carbonyl (C=O) groups is 1. The number of hydrogen-bond acceptors (Lipinski definition) is 5. The number of amides is 1. The molecule has 8 nitrogen and oxygen atoms in total. The van der Waals surface area contributed by atoms with Crippen LogP contribution < -0.4 is 10.6 Å². The van der Waals surface area contributed by atoms with E-state index in [0.29, 0.717) is 18.5 Å². The van der Waals surface area contributed by atoms with Crippen LogP contribution in [-0.4, -0.2) is 93.5 Å². The van der Waals surface area contributed by atoms with Crippen molar-refractivity contribution in [2.45, 2.75) is 53.2 Å². The number of nitrogens with one attached hydrogen (secondary N) is 2. The van der Waals surface area contributed by atoms with E-state index in [4.69, 9.17) is 9.47 Å². The van der Waals surface area contributed by atoms with E-state index in [2.05, 4.69) is 41.3 Å². The van der Waals surface area contributed by atoms with Crippen molar-refractivity contribution < 1.29 is 14.3 Å². The van der Waals surface area contributed by atoms with E-state index in [1.54, 1.807) is 19.0 Å². The summed E-state index contributed by atoms with van der Waals surface area (Å²) >= 11 is 0. The van der Waals surface area contributed by atoms with Crippen molar-refractivity contribution in [3.63, 3.8) is 0 Å². The molecule has 1 aliphatic rings. The van der Waals surface area contributed by atoms with Gasteiger partial charge < -0.3 is 25.0 Å². The first kappa shape index (κ1) is 29.2. The molecule has 0 spiro atoms. The molecule has 0 aromatic rings. The highest BCUT2D eigenvalue weighted by molar-refractivity contribution is 14.0. The number of ether oxygens (including phenoxy) is 2. The van der Waals surface area contributed by atoms with E-state index < -0.39 is 5.60 Å². The summed E-state index contributed by atoms with van der Waals surface area (Å²) in [5.41, 5.74) is -0.480. The summed E-state index contributed by atoms with van der Waals surface area (Å²) in [6, 6.07) is 0.438. The van der Waals surface area contributed by atoms with Crippen LogP contribution in [0.2, 0.25) is 0 Å². The summed E-state index contributed by atoms with van der Waals surface area (Å²) in [6.07, 6.45) is -0.294. The summed E-state index contributed by atoms with van der Waals surface area (Å²) in [6.45, 7) is 18.0. The van der Waals surface area contributed by atoms with Gasteiger partial charge in [-0.1, -0.05) is 20.8 Å². The Morgan fingerprint density at radius 1 is 1.17 bits per heavy atom. The fourth-order valence-electron chi connectivity index (χ4n) is 3.33. The number of halogens is 1. The zero-order valence-electron chi connectivity index (χ0n) is 20.2. The first-order chi connectivity index (χ1) is 13.5. The average Bonchev–Trinajstić information content (AvgIpc) is 2.63. The SMILES string of the molecule is CN=C(NCC(C)CN(C)C(=O)OC(C)(C)C)NCC(C(C)C)N1CCOCC1.I. The highest BCUT2D eigenvalue weighted by Gasteiger charge is 2.24. The van der Waals surface area contributed by atoms with Crippen LogP contribution in [0.15, 0.2) is 4.99 Å². The highest BCUT2D eigenvalue weighted by atomic mass is 127. The molecular weight excluding hydrogens is 497 g/mol. The van der Waals surface area contributed by atoms with Crippen molar-refractivity contribution in [3.8, 4) is 0 Å². The minimum Gasteiger partial charge on any atom is -0.444 e. The van der Waals surface area contributed by atoms with Crippen LogP contribution >= 0.6 is 24.0 Å². The molecular formula is C21H44IN5O3.